The topological polar surface area (TPSA) is 69.7 Å². The summed E-state index contributed by atoms with van der Waals surface area (Å²) in [4.78, 5) is 40.9. The van der Waals surface area contributed by atoms with E-state index in [9.17, 15) is 14.4 Å². The predicted octanol–water partition coefficient (Wildman–Crippen LogP) is 3.94. The summed E-state index contributed by atoms with van der Waals surface area (Å²) in [6.45, 7) is 2.67. The molecular formula is C23H22ClN3O3S. The maximum atomic E-state index is 12.6. The Hall–Kier alpha value is -2.77. The molecule has 0 aliphatic carbocycles. The van der Waals surface area contributed by atoms with Crippen LogP contribution < -0.4 is 10.2 Å². The number of thioether (sulfide) groups is 1. The molecule has 0 saturated carbocycles. The first-order valence-corrected chi connectivity index (χ1v) is 11.2. The molecule has 8 heteroatoms. The lowest BCUT2D eigenvalue weighted by Crippen LogP contribution is -2.43. The molecule has 2 heterocycles. The number of carbonyl (C=O) groups is 3. The van der Waals surface area contributed by atoms with Gasteiger partial charge in [-0.15, -0.1) is 0 Å². The van der Waals surface area contributed by atoms with Crippen LogP contribution >= 0.6 is 23.4 Å². The predicted molar refractivity (Wildman–Crippen MR) is 124 cm³/mol. The Kier molecular flexibility index (Phi) is 6.34. The highest BCUT2D eigenvalue weighted by molar-refractivity contribution is 8.18. The number of rotatable bonds is 6. The van der Waals surface area contributed by atoms with Gasteiger partial charge in [0.25, 0.3) is 11.1 Å². The van der Waals surface area contributed by atoms with Gasteiger partial charge in [0.2, 0.25) is 5.91 Å². The van der Waals surface area contributed by atoms with Crippen LogP contribution in [0.2, 0.25) is 5.02 Å². The van der Waals surface area contributed by atoms with E-state index >= 15 is 0 Å². The molecule has 0 spiro atoms. The summed E-state index contributed by atoms with van der Waals surface area (Å²) in [6, 6.07) is 15.5. The third-order valence-corrected chi connectivity index (χ3v) is 6.64. The van der Waals surface area contributed by atoms with Crippen LogP contribution in [-0.2, 0) is 16.0 Å². The summed E-state index contributed by atoms with van der Waals surface area (Å²) in [5.74, 6) is -0.506. The van der Waals surface area contributed by atoms with E-state index in [2.05, 4.69) is 23.2 Å². The molecule has 1 atom stereocenters. The number of anilines is 1. The number of nitrogens with one attached hydrogen (secondary N) is 1. The van der Waals surface area contributed by atoms with E-state index in [1.165, 1.54) is 5.56 Å². The number of hydrogen-bond acceptors (Lipinski definition) is 5. The highest BCUT2D eigenvalue weighted by Gasteiger charge is 2.35. The lowest BCUT2D eigenvalue weighted by Gasteiger charge is -2.24. The number of fused-ring (bicyclic) bond motifs is 1. The fourth-order valence-electron chi connectivity index (χ4n) is 3.81. The molecule has 2 aliphatic heterocycles. The molecule has 6 nitrogen and oxygen atoms in total. The molecule has 31 heavy (non-hydrogen) atoms. The van der Waals surface area contributed by atoms with Crippen molar-refractivity contribution in [2.24, 2.45) is 0 Å². The summed E-state index contributed by atoms with van der Waals surface area (Å²) in [5, 5.41) is 2.99. The highest BCUT2D eigenvalue weighted by atomic mass is 35.5. The zero-order valence-electron chi connectivity index (χ0n) is 17.0. The minimum Gasteiger partial charge on any atom is -0.359 e. The molecule has 4 rings (SSSR count). The molecule has 0 bridgehead atoms. The van der Waals surface area contributed by atoms with Crippen LogP contribution in [0.1, 0.15) is 18.1 Å². The van der Waals surface area contributed by atoms with Crippen LogP contribution in [0.5, 0.6) is 0 Å². The molecule has 1 N–H and O–H groups in total. The number of imide groups is 1. The monoisotopic (exact) mass is 455 g/mol. The summed E-state index contributed by atoms with van der Waals surface area (Å²) in [5.41, 5.74) is 3.01. The largest absolute Gasteiger partial charge is 0.359 e. The lowest BCUT2D eigenvalue weighted by molar-refractivity contribution is -0.124. The highest BCUT2D eigenvalue weighted by Crippen LogP contribution is 2.33. The SMILES string of the molecule is C[C@H]1Cc2ccccc2N1CC(=O)NCCN1C(=O)S/C(=C\c2ccccc2Cl)C1=O. The van der Waals surface area contributed by atoms with Gasteiger partial charge < -0.3 is 10.2 Å². The molecule has 0 radical (unpaired) electrons. The van der Waals surface area contributed by atoms with E-state index in [0.717, 1.165) is 28.8 Å². The third kappa shape index (κ3) is 4.62. The van der Waals surface area contributed by atoms with Crippen molar-refractivity contribution in [3.63, 3.8) is 0 Å². The number of benzene rings is 2. The van der Waals surface area contributed by atoms with Crippen LogP contribution in [0.15, 0.2) is 53.4 Å². The van der Waals surface area contributed by atoms with Gasteiger partial charge in [0.1, 0.15) is 0 Å². The van der Waals surface area contributed by atoms with Crippen LogP contribution in [-0.4, -0.2) is 47.6 Å². The Morgan fingerprint density at radius 3 is 2.74 bits per heavy atom. The van der Waals surface area contributed by atoms with Gasteiger partial charge in [0, 0.05) is 29.8 Å². The lowest BCUT2D eigenvalue weighted by atomic mass is 10.1. The van der Waals surface area contributed by atoms with Crippen molar-refractivity contribution in [2.45, 2.75) is 19.4 Å². The molecule has 2 aliphatic rings. The van der Waals surface area contributed by atoms with E-state index < -0.39 is 0 Å². The molecule has 3 amide bonds. The van der Waals surface area contributed by atoms with Crippen LogP contribution in [0.3, 0.4) is 0 Å². The number of para-hydroxylation sites is 1. The second kappa shape index (κ2) is 9.16. The number of hydrogen-bond donors (Lipinski definition) is 1. The summed E-state index contributed by atoms with van der Waals surface area (Å²) in [6.07, 6.45) is 2.54. The first-order valence-electron chi connectivity index (χ1n) is 10.0. The zero-order chi connectivity index (χ0) is 22.0. The molecular weight excluding hydrogens is 434 g/mol. The summed E-state index contributed by atoms with van der Waals surface area (Å²) >= 11 is 7.02. The van der Waals surface area contributed by atoms with Crippen LogP contribution in [0.4, 0.5) is 10.5 Å². The van der Waals surface area contributed by atoms with Crippen LogP contribution in [0, 0.1) is 0 Å². The fourth-order valence-corrected chi connectivity index (χ4v) is 4.86. The van der Waals surface area contributed by atoms with E-state index in [0.29, 0.717) is 15.5 Å². The zero-order valence-corrected chi connectivity index (χ0v) is 18.6. The standard InChI is InChI=1S/C23H22ClN3O3S/c1-15-12-17-7-3-5-9-19(17)27(15)14-21(28)25-10-11-26-22(29)20(31-23(26)30)13-16-6-2-4-8-18(16)24/h2-9,13,15H,10-12,14H2,1H3,(H,25,28)/b20-13-/t15-/m0/s1. The van der Waals surface area contributed by atoms with E-state index in [1.807, 2.05) is 24.3 Å². The third-order valence-electron chi connectivity index (χ3n) is 5.39. The first-order chi connectivity index (χ1) is 14.9. The smallest absolute Gasteiger partial charge is 0.293 e. The van der Waals surface area contributed by atoms with Gasteiger partial charge in [0.05, 0.1) is 11.4 Å². The van der Waals surface area contributed by atoms with E-state index in [1.54, 1.807) is 24.3 Å². The first kappa shape index (κ1) is 21.5. The molecule has 0 unspecified atom stereocenters. The van der Waals surface area contributed by atoms with Crippen molar-refractivity contribution < 1.29 is 14.4 Å². The fraction of sp³-hybridized carbons (Fsp3) is 0.261. The summed E-state index contributed by atoms with van der Waals surface area (Å²) in [7, 11) is 0. The Labute approximate surface area is 190 Å². The average molecular weight is 456 g/mol. The normalized spacial score (nSPS) is 19.3. The number of nitrogens with zero attached hydrogens (tertiary/aromatic N) is 2. The quantitative estimate of drug-likeness (QED) is 0.668. The molecule has 1 saturated heterocycles. The van der Waals surface area contributed by atoms with Crippen molar-refractivity contribution in [1.82, 2.24) is 10.2 Å². The number of amides is 3. The van der Waals surface area contributed by atoms with Crippen molar-refractivity contribution in [3.8, 4) is 0 Å². The Morgan fingerprint density at radius 1 is 1.19 bits per heavy atom. The Bertz CT molecular complexity index is 1070. The average Bonchev–Trinajstić information content (AvgIpc) is 3.20. The molecule has 160 valence electrons. The van der Waals surface area contributed by atoms with Crippen molar-refractivity contribution in [1.29, 1.82) is 0 Å². The molecule has 0 aromatic heterocycles. The minimum absolute atomic E-state index is 0.127. The number of carbonyl (C=O) groups excluding carboxylic acids is 3. The van der Waals surface area contributed by atoms with Gasteiger partial charge in [-0.3, -0.25) is 19.3 Å². The van der Waals surface area contributed by atoms with Crippen LogP contribution in [0.25, 0.3) is 6.08 Å². The second-order valence-corrected chi connectivity index (χ2v) is 8.91. The van der Waals surface area contributed by atoms with Gasteiger partial charge in [-0.1, -0.05) is 48.0 Å². The molecule has 2 aromatic carbocycles. The minimum atomic E-state index is -0.369. The maximum absolute atomic E-state index is 12.6. The summed E-state index contributed by atoms with van der Waals surface area (Å²) < 4.78 is 0. The van der Waals surface area contributed by atoms with E-state index in [4.69, 9.17) is 11.6 Å². The van der Waals surface area contributed by atoms with E-state index in [-0.39, 0.29) is 42.7 Å². The maximum Gasteiger partial charge on any atom is 0.293 e. The van der Waals surface area contributed by atoms with Gasteiger partial charge >= 0.3 is 0 Å². The van der Waals surface area contributed by atoms with Gasteiger partial charge in [0.15, 0.2) is 0 Å². The molecule has 1 fully saturated rings. The van der Waals surface area contributed by atoms with Crippen molar-refractivity contribution in [2.75, 3.05) is 24.5 Å². The van der Waals surface area contributed by atoms with Crippen molar-refractivity contribution in [3.05, 3.63) is 69.6 Å². The Morgan fingerprint density at radius 2 is 1.94 bits per heavy atom. The van der Waals surface area contributed by atoms with Gasteiger partial charge in [-0.2, -0.15) is 0 Å². The Balaban J connectivity index is 1.32. The number of halogens is 1. The van der Waals surface area contributed by atoms with Gasteiger partial charge in [-0.05, 0) is 54.4 Å². The van der Waals surface area contributed by atoms with Crippen molar-refractivity contribution >= 4 is 52.2 Å². The van der Waals surface area contributed by atoms with Gasteiger partial charge in [-0.25, -0.2) is 0 Å². The second-order valence-electron chi connectivity index (χ2n) is 7.51. The molecule has 2 aromatic rings.